The fourth-order valence-corrected chi connectivity index (χ4v) is 4.84. The van der Waals surface area contributed by atoms with Crippen molar-refractivity contribution < 1.29 is 4.79 Å². The summed E-state index contributed by atoms with van der Waals surface area (Å²) < 4.78 is 2.24. The fourth-order valence-electron chi connectivity index (χ4n) is 4.84. The van der Waals surface area contributed by atoms with E-state index in [-0.39, 0.29) is 11.5 Å². The van der Waals surface area contributed by atoms with Crippen molar-refractivity contribution in [1.82, 2.24) is 24.3 Å². The molecule has 1 amide bonds. The lowest BCUT2D eigenvalue weighted by Gasteiger charge is -2.53. The van der Waals surface area contributed by atoms with E-state index in [1.165, 1.54) is 5.82 Å². The van der Waals surface area contributed by atoms with Crippen LogP contribution in [0.2, 0.25) is 0 Å². The smallest absolute Gasteiger partial charge is 0.225 e. The molecule has 1 aromatic rings. The summed E-state index contributed by atoms with van der Waals surface area (Å²) in [5, 5.41) is 0. The van der Waals surface area contributed by atoms with Crippen molar-refractivity contribution in [3.63, 3.8) is 0 Å². The highest BCUT2D eigenvalue weighted by Crippen LogP contribution is 2.33. The molecule has 152 valence electrons. The molecular formula is C21H37N5O. The number of aryl methyl sites for hydroxylation is 1. The van der Waals surface area contributed by atoms with Crippen molar-refractivity contribution in [3.05, 3.63) is 18.2 Å². The molecule has 3 rings (SSSR count). The number of nitrogens with zero attached hydrogens (tertiary/aromatic N) is 5. The van der Waals surface area contributed by atoms with Crippen LogP contribution in [0, 0.1) is 5.92 Å². The van der Waals surface area contributed by atoms with Gasteiger partial charge in [-0.15, -0.1) is 0 Å². The molecule has 27 heavy (non-hydrogen) atoms. The van der Waals surface area contributed by atoms with Crippen LogP contribution in [-0.2, 0) is 17.9 Å². The van der Waals surface area contributed by atoms with Crippen LogP contribution in [0.25, 0.3) is 0 Å². The van der Waals surface area contributed by atoms with Crippen molar-refractivity contribution in [2.75, 3.05) is 39.8 Å². The van der Waals surface area contributed by atoms with E-state index in [1.54, 1.807) is 0 Å². The first kappa shape index (κ1) is 20.3. The molecule has 6 nitrogen and oxygen atoms in total. The minimum absolute atomic E-state index is 0.201. The molecule has 0 atom stereocenters. The third-order valence-electron chi connectivity index (χ3n) is 6.93. The van der Waals surface area contributed by atoms with Crippen LogP contribution >= 0.6 is 0 Å². The molecule has 0 aliphatic carbocycles. The zero-order valence-electron chi connectivity index (χ0n) is 17.7. The van der Waals surface area contributed by atoms with E-state index < -0.39 is 0 Å². The van der Waals surface area contributed by atoms with E-state index in [9.17, 15) is 4.79 Å². The second-order valence-electron chi connectivity index (χ2n) is 8.32. The molecule has 3 heterocycles. The molecule has 2 aliphatic rings. The van der Waals surface area contributed by atoms with Crippen molar-refractivity contribution in [2.24, 2.45) is 5.92 Å². The number of carbonyl (C=O) groups is 1. The van der Waals surface area contributed by atoms with E-state index in [1.807, 2.05) is 6.20 Å². The van der Waals surface area contributed by atoms with Crippen molar-refractivity contribution in [3.8, 4) is 0 Å². The molecule has 0 bridgehead atoms. The van der Waals surface area contributed by atoms with Gasteiger partial charge in [0.1, 0.15) is 5.82 Å². The second kappa shape index (κ2) is 8.74. The van der Waals surface area contributed by atoms with Crippen LogP contribution in [0.4, 0.5) is 0 Å². The third-order valence-corrected chi connectivity index (χ3v) is 6.93. The number of aromatic nitrogens is 2. The maximum absolute atomic E-state index is 12.8. The Labute approximate surface area is 164 Å². The average Bonchev–Trinajstić information content (AvgIpc) is 3.13. The SMILES string of the molecule is CCC(CC)C(=O)N1CCC2(CC1)CN(Cc1nccn1CC)CCN2C. The Kier molecular flexibility index (Phi) is 6.58. The molecular weight excluding hydrogens is 338 g/mol. The van der Waals surface area contributed by atoms with E-state index in [4.69, 9.17) is 0 Å². The van der Waals surface area contributed by atoms with Crippen LogP contribution in [0.1, 0.15) is 52.3 Å². The van der Waals surface area contributed by atoms with Gasteiger partial charge in [-0.1, -0.05) is 13.8 Å². The van der Waals surface area contributed by atoms with Gasteiger partial charge in [0.15, 0.2) is 0 Å². The first-order valence-corrected chi connectivity index (χ1v) is 10.7. The summed E-state index contributed by atoms with van der Waals surface area (Å²) in [7, 11) is 2.27. The molecule has 0 saturated carbocycles. The number of imidazole rings is 1. The highest BCUT2D eigenvalue weighted by atomic mass is 16.2. The Morgan fingerprint density at radius 1 is 1.15 bits per heavy atom. The van der Waals surface area contributed by atoms with Gasteiger partial charge in [0, 0.05) is 63.1 Å². The maximum Gasteiger partial charge on any atom is 0.225 e. The number of likely N-dealkylation sites (tertiary alicyclic amines) is 1. The molecule has 1 aromatic heterocycles. The van der Waals surface area contributed by atoms with E-state index in [0.717, 1.165) is 71.5 Å². The van der Waals surface area contributed by atoms with Crippen LogP contribution in [-0.4, -0.2) is 75.5 Å². The molecule has 0 N–H and O–H groups in total. The highest BCUT2D eigenvalue weighted by molar-refractivity contribution is 5.78. The first-order chi connectivity index (χ1) is 13.0. The monoisotopic (exact) mass is 375 g/mol. The summed E-state index contributed by atoms with van der Waals surface area (Å²) >= 11 is 0. The molecule has 1 spiro atoms. The number of carbonyl (C=O) groups excluding carboxylic acids is 1. The predicted octanol–water partition coefficient (Wildman–Crippen LogP) is 2.45. The van der Waals surface area contributed by atoms with Crippen molar-refractivity contribution in [1.29, 1.82) is 0 Å². The molecule has 0 unspecified atom stereocenters. The second-order valence-corrected chi connectivity index (χ2v) is 8.32. The van der Waals surface area contributed by atoms with Crippen LogP contribution < -0.4 is 0 Å². The Balaban J connectivity index is 1.62. The average molecular weight is 376 g/mol. The van der Waals surface area contributed by atoms with E-state index in [0.29, 0.717) is 5.91 Å². The summed E-state index contributed by atoms with van der Waals surface area (Å²) in [6.07, 6.45) is 8.04. The van der Waals surface area contributed by atoms with Gasteiger partial charge >= 0.3 is 0 Å². The number of rotatable bonds is 6. The zero-order chi connectivity index (χ0) is 19.4. The van der Waals surface area contributed by atoms with Gasteiger partial charge in [-0.25, -0.2) is 4.98 Å². The van der Waals surface area contributed by atoms with Crippen LogP contribution in [0.15, 0.2) is 12.4 Å². The quantitative estimate of drug-likeness (QED) is 0.766. The molecule has 2 saturated heterocycles. The van der Waals surface area contributed by atoms with Crippen LogP contribution in [0.5, 0.6) is 0 Å². The largest absolute Gasteiger partial charge is 0.342 e. The highest BCUT2D eigenvalue weighted by Gasteiger charge is 2.43. The van der Waals surface area contributed by atoms with Gasteiger partial charge < -0.3 is 9.47 Å². The molecule has 2 aliphatic heterocycles. The van der Waals surface area contributed by atoms with Gasteiger partial charge in [0.05, 0.1) is 6.54 Å². The van der Waals surface area contributed by atoms with Crippen LogP contribution in [0.3, 0.4) is 0 Å². The fraction of sp³-hybridized carbons (Fsp3) is 0.810. The van der Waals surface area contributed by atoms with Gasteiger partial charge in [0.25, 0.3) is 0 Å². The van der Waals surface area contributed by atoms with E-state index in [2.05, 4.69) is 58.3 Å². The Morgan fingerprint density at radius 2 is 1.85 bits per heavy atom. The summed E-state index contributed by atoms with van der Waals surface area (Å²) in [5.74, 6) is 1.74. The minimum Gasteiger partial charge on any atom is -0.342 e. The summed E-state index contributed by atoms with van der Waals surface area (Å²) in [6, 6.07) is 0. The number of piperazine rings is 1. The van der Waals surface area contributed by atoms with Crippen molar-refractivity contribution in [2.45, 2.75) is 65.1 Å². The molecule has 2 fully saturated rings. The zero-order valence-corrected chi connectivity index (χ0v) is 17.7. The third kappa shape index (κ3) is 4.21. The van der Waals surface area contributed by atoms with Gasteiger partial charge in [0.2, 0.25) is 5.91 Å². The van der Waals surface area contributed by atoms with Gasteiger partial charge in [-0.05, 0) is 39.7 Å². The lowest BCUT2D eigenvalue weighted by molar-refractivity contribution is -0.139. The molecule has 0 aromatic carbocycles. The summed E-state index contributed by atoms with van der Waals surface area (Å²) in [5.41, 5.74) is 0.201. The molecule has 0 radical (unpaired) electrons. The lowest BCUT2D eigenvalue weighted by atomic mass is 9.83. The Morgan fingerprint density at radius 3 is 2.48 bits per heavy atom. The Bertz CT molecular complexity index is 616. The number of amides is 1. The number of hydrogen-bond donors (Lipinski definition) is 0. The van der Waals surface area contributed by atoms with Gasteiger partial charge in [-0.3, -0.25) is 14.6 Å². The number of likely N-dealkylation sites (N-methyl/N-ethyl adjacent to an activating group) is 1. The van der Waals surface area contributed by atoms with E-state index >= 15 is 0 Å². The normalized spacial score (nSPS) is 21.3. The Hall–Kier alpha value is -1.40. The van der Waals surface area contributed by atoms with Gasteiger partial charge in [-0.2, -0.15) is 0 Å². The standard InChI is InChI=1S/C21H37N5O/c1-5-18(6-2)20(27)26-11-8-21(9-12-26)17-24(15-14-23(21)4)16-19-22-10-13-25(19)7-3/h10,13,18H,5-9,11-12,14-17H2,1-4H3. The predicted molar refractivity (Wildman–Crippen MR) is 108 cm³/mol. The minimum atomic E-state index is 0.201. The number of hydrogen-bond acceptors (Lipinski definition) is 4. The maximum atomic E-state index is 12.8. The lowest BCUT2D eigenvalue weighted by Crippen LogP contribution is -2.64. The first-order valence-electron chi connectivity index (χ1n) is 10.7. The topological polar surface area (TPSA) is 44.6 Å². The molecule has 6 heteroatoms. The summed E-state index contributed by atoms with van der Waals surface area (Å²) in [4.78, 5) is 24.5. The van der Waals surface area contributed by atoms with Crippen molar-refractivity contribution >= 4 is 5.91 Å². The number of piperidine rings is 1. The summed E-state index contributed by atoms with van der Waals surface area (Å²) in [6.45, 7) is 13.4.